The Morgan fingerprint density at radius 3 is 2.34 bits per heavy atom. The van der Waals surface area contributed by atoms with Crippen LogP contribution in [0.2, 0.25) is 0 Å². The molecule has 2 amide bonds. The Balaban J connectivity index is 2.14. The first kappa shape index (κ1) is 22.9. The van der Waals surface area contributed by atoms with Crippen molar-refractivity contribution in [1.82, 2.24) is 10.2 Å². The summed E-state index contributed by atoms with van der Waals surface area (Å²) in [5.41, 5.74) is 2.14. The summed E-state index contributed by atoms with van der Waals surface area (Å²) in [7, 11) is 0. The number of nitrogens with zero attached hydrogens (tertiary/aromatic N) is 1. The number of carbonyl (C=O) groups is 2. The summed E-state index contributed by atoms with van der Waals surface area (Å²) in [4.78, 5) is 27.1. The Morgan fingerprint density at radius 2 is 1.76 bits per heavy atom. The Kier molecular flexibility index (Phi) is 8.70. The predicted molar refractivity (Wildman–Crippen MR) is 119 cm³/mol. The van der Waals surface area contributed by atoms with Crippen molar-refractivity contribution in [3.63, 3.8) is 0 Å². The van der Waals surface area contributed by atoms with Crippen LogP contribution in [0, 0.1) is 0 Å². The van der Waals surface area contributed by atoms with Gasteiger partial charge in [-0.05, 0) is 66.4 Å². The van der Waals surface area contributed by atoms with Gasteiger partial charge < -0.3 is 15.0 Å². The van der Waals surface area contributed by atoms with Crippen molar-refractivity contribution in [3.8, 4) is 5.75 Å². The standard InChI is InChI=1S/C23H29BrN2O3/c1-5-18-11-12-21(20(24)13-18)29-15-22(27)26(14-19-9-7-6-8-10-19)17(4)23(28)25-16(2)3/h6-13,16-17H,5,14-15H2,1-4H3,(H,25,28). The van der Waals surface area contributed by atoms with Crippen LogP contribution in [0.5, 0.6) is 5.75 Å². The SMILES string of the molecule is CCc1ccc(OCC(=O)N(Cc2ccccc2)C(C)C(=O)NC(C)C)c(Br)c1. The molecule has 2 rings (SSSR count). The topological polar surface area (TPSA) is 58.6 Å². The third-order valence-electron chi connectivity index (χ3n) is 4.55. The second kappa shape index (κ2) is 11.0. The number of ether oxygens (including phenoxy) is 1. The summed E-state index contributed by atoms with van der Waals surface area (Å²) in [6.45, 7) is 7.81. The molecule has 0 radical (unpaired) electrons. The average molecular weight is 461 g/mol. The molecule has 156 valence electrons. The number of nitrogens with one attached hydrogen (secondary N) is 1. The fraction of sp³-hybridized carbons (Fsp3) is 0.391. The minimum absolute atomic E-state index is 0.00270. The fourth-order valence-corrected chi connectivity index (χ4v) is 3.41. The van der Waals surface area contributed by atoms with E-state index < -0.39 is 6.04 Å². The van der Waals surface area contributed by atoms with Gasteiger partial charge in [-0.2, -0.15) is 0 Å². The largest absolute Gasteiger partial charge is 0.483 e. The summed E-state index contributed by atoms with van der Waals surface area (Å²) in [6.07, 6.45) is 0.922. The van der Waals surface area contributed by atoms with Crippen molar-refractivity contribution in [2.75, 3.05) is 6.61 Å². The molecule has 0 aromatic heterocycles. The van der Waals surface area contributed by atoms with E-state index in [2.05, 4.69) is 28.2 Å². The van der Waals surface area contributed by atoms with Gasteiger partial charge in [-0.25, -0.2) is 0 Å². The molecule has 0 saturated carbocycles. The van der Waals surface area contributed by atoms with E-state index in [0.29, 0.717) is 12.3 Å². The molecule has 1 atom stereocenters. The molecule has 0 bridgehead atoms. The lowest BCUT2D eigenvalue weighted by molar-refractivity contribution is -0.142. The lowest BCUT2D eigenvalue weighted by Gasteiger charge is -2.29. The van der Waals surface area contributed by atoms with Crippen molar-refractivity contribution in [2.24, 2.45) is 0 Å². The molecule has 0 aliphatic carbocycles. The number of hydrogen-bond acceptors (Lipinski definition) is 3. The van der Waals surface area contributed by atoms with Gasteiger partial charge in [0.1, 0.15) is 11.8 Å². The molecule has 29 heavy (non-hydrogen) atoms. The summed E-state index contributed by atoms with van der Waals surface area (Å²) in [6, 6.07) is 14.8. The summed E-state index contributed by atoms with van der Waals surface area (Å²) in [5, 5.41) is 2.88. The third-order valence-corrected chi connectivity index (χ3v) is 5.17. The number of hydrogen-bond donors (Lipinski definition) is 1. The lowest BCUT2D eigenvalue weighted by Crippen LogP contribution is -2.50. The number of carbonyl (C=O) groups excluding carboxylic acids is 2. The van der Waals surface area contributed by atoms with Crippen LogP contribution in [0.3, 0.4) is 0 Å². The Bertz CT molecular complexity index is 824. The van der Waals surface area contributed by atoms with Gasteiger partial charge in [-0.3, -0.25) is 9.59 Å². The molecule has 0 spiro atoms. The molecule has 1 N–H and O–H groups in total. The van der Waals surface area contributed by atoms with Crippen molar-refractivity contribution in [1.29, 1.82) is 0 Å². The number of rotatable bonds is 9. The molecular weight excluding hydrogens is 432 g/mol. The first-order valence-electron chi connectivity index (χ1n) is 9.86. The predicted octanol–water partition coefficient (Wildman–Crippen LogP) is 4.33. The fourth-order valence-electron chi connectivity index (χ4n) is 2.87. The van der Waals surface area contributed by atoms with Gasteiger partial charge in [0.25, 0.3) is 5.91 Å². The van der Waals surface area contributed by atoms with Gasteiger partial charge in [0.05, 0.1) is 4.47 Å². The Labute approximate surface area is 181 Å². The maximum Gasteiger partial charge on any atom is 0.261 e. The van der Waals surface area contributed by atoms with E-state index in [1.54, 1.807) is 11.8 Å². The van der Waals surface area contributed by atoms with Gasteiger partial charge in [-0.15, -0.1) is 0 Å². The zero-order chi connectivity index (χ0) is 21.4. The lowest BCUT2D eigenvalue weighted by atomic mass is 10.1. The van der Waals surface area contributed by atoms with E-state index in [1.165, 1.54) is 5.56 Å². The van der Waals surface area contributed by atoms with Gasteiger partial charge in [-0.1, -0.05) is 43.3 Å². The molecule has 0 saturated heterocycles. The van der Waals surface area contributed by atoms with Crippen molar-refractivity contribution in [3.05, 3.63) is 64.1 Å². The van der Waals surface area contributed by atoms with E-state index >= 15 is 0 Å². The highest BCUT2D eigenvalue weighted by Gasteiger charge is 2.27. The number of benzene rings is 2. The van der Waals surface area contributed by atoms with Crippen LogP contribution in [0.15, 0.2) is 53.0 Å². The van der Waals surface area contributed by atoms with Gasteiger partial charge in [0.2, 0.25) is 5.91 Å². The van der Waals surface area contributed by atoms with Gasteiger partial charge in [0, 0.05) is 12.6 Å². The van der Waals surface area contributed by atoms with Gasteiger partial charge in [0.15, 0.2) is 6.61 Å². The molecule has 0 aliphatic heterocycles. The van der Waals surface area contributed by atoms with E-state index in [9.17, 15) is 9.59 Å². The van der Waals surface area contributed by atoms with Crippen LogP contribution < -0.4 is 10.1 Å². The highest BCUT2D eigenvalue weighted by Crippen LogP contribution is 2.26. The summed E-state index contributed by atoms with van der Waals surface area (Å²) < 4.78 is 6.57. The maximum absolute atomic E-state index is 13.0. The van der Waals surface area contributed by atoms with Crippen molar-refractivity contribution >= 4 is 27.7 Å². The van der Waals surface area contributed by atoms with Crippen molar-refractivity contribution < 1.29 is 14.3 Å². The monoisotopic (exact) mass is 460 g/mol. The van der Waals surface area contributed by atoms with Crippen LogP contribution in [0.4, 0.5) is 0 Å². The molecule has 2 aromatic rings. The smallest absolute Gasteiger partial charge is 0.261 e. The molecule has 0 aliphatic rings. The van der Waals surface area contributed by atoms with E-state index in [0.717, 1.165) is 16.5 Å². The Hall–Kier alpha value is -2.34. The van der Waals surface area contributed by atoms with E-state index in [-0.39, 0.29) is 24.5 Å². The molecule has 0 heterocycles. The van der Waals surface area contributed by atoms with Crippen LogP contribution in [-0.2, 0) is 22.6 Å². The highest BCUT2D eigenvalue weighted by atomic mass is 79.9. The minimum Gasteiger partial charge on any atom is -0.483 e. The zero-order valence-corrected chi connectivity index (χ0v) is 19.0. The quantitative estimate of drug-likeness (QED) is 0.605. The van der Waals surface area contributed by atoms with Crippen LogP contribution in [0.1, 0.15) is 38.8 Å². The second-order valence-electron chi connectivity index (χ2n) is 7.25. The highest BCUT2D eigenvalue weighted by molar-refractivity contribution is 9.10. The van der Waals surface area contributed by atoms with Crippen LogP contribution in [0.25, 0.3) is 0 Å². The summed E-state index contributed by atoms with van der Waals surface area (Å²) in [5.74, 6) is 0.180. The molecule has 5 nitrogen and oxygen atoms in total. The summed E-state index contributed by atoms with van der Waals surface area (Å²) >= 11 is 3.49. The molecular formula is C23H29BrN2O3. The minimum atomic E-state index is -0.611. The van der Waals surface area contributed by atoms with Gasteiger partial charge >= 0.3 is 0 Å². The maximum atomic E-state index is 13.0. The molecule has 1 unspecified atom stereocenters. The van der Waals surface area contributed by atoms with Crippen LogP contribution >= 0.6 is 15.9 Å². The number of halogens is 1. The first-order chi connectivity index (χ1) is 13.8. The molecule has 6 heteroatoms. The Morgan fingerprint density at radius 1 is 1.07 bits per heavy atom. The molecule has 0 fully saturated rings. The van der Waals surface area contributed by atoms with Crippen LogP contribution in [-0.4, -0.2) is 35.4 Å². The van der Waals surface area contributed by atoms with E-state index in [4.69, 9.17) is 4.74 Å². The number of amides is 2. The first-order valence-corrected chi connectivity index (χ1v) is 10.7. The average Bonchev–Trinajstić information content (AvgIpc) is 2.70. The zero-order valence-electron chi connectivity index (χ0n) is 17.4. The third kappa shape index (κ3) is 6.89. The normalized spacial score (nSPS) is 11.8. The molecule has 2 aromatic carbocycles. The number of aryl methyl sites for hydroxylation is 1. The van der Waals surface area contributed by atoms with E-state index in [1.807, 2.05) is 62.4 Å². The van der Waals surface area contributed by atoms with Crippen molar-refractivity contribution in [2.45, 2.75) is 52.7 Å². The second-order valence-corrected chi connectivity index (χ2v) is 8.11.